The largest absolute Gasteiger partial charge is 0.282 e. The summed E-state index contributed by atoms with van der Waals surface area (Å²) in [7, 11) is 0. The smallest absolute Gasteiger partial charge is 0.218 e. The van der Waals surface area contributed by atoms with Gasteiger partial charge in [-0.2, -0.15) is 0 Å². The van der Waals surface area contributed by atoms with E-state index in [0.29, 0.717) is 0 Å². The first-order valence-corrected chi connectivity index (χ1v) is 1.27. The molecule has 0 N–H and O–H groups in total. The second-order valence-electron chi connectivity index (χ2n) is 0.470. The van der Waals surface area contributed by atoms with Gasteiger partial charge in [0.25, 0.3) is 0 Å². The molecule has 0 aromatic heterocycles. The van der Waals surface area contributed by atoms with Gasteiger partial charge in [0.05, 0.1) is 0 Å². The van der Waals surface area contributed by atoms with E-state index in [1.54, 1.807) is 0 Å². The zero-order valence-corrected chi connectivity index (χ0v) is 6.04. The Morgan fingerprint density at radius 1 is 1.80 bits per heavy atom. The number of halogens is 1. The first-order valence-electron chi connectivity index (χ1n) is 0.893. The van der Waals surface area contributed by atoms with Gasteiger partial charge in [-0.3, -0.25) is 4.79 Å². The molecule has 0 rings (SSSR count). The van der Waals surface area contributed by atoms with E-state index >= 15 is 0 Å². The van der Waals surface area contributed by atoms with Gasteiger partial charge in [-0.05, 0) is 11.6 Å². The van der Waals surface area contributed by atoms with E-state index in [9.17, 15) is 4.79 Å². The SMILES string of the molecule is CC(=O)Cl.[Na]. The van der Waals surface area contributed by atoms with Crippen LogP contribution >= 0.6 is 11.6 Å². The molecule has 0 aliphatic heterocycles. The summed E-state index contributed by atoms with van der Waals surface area (Å²) in [4.78, 5) is 9.21. The second-order valence-corrected chi connectivity index (χ2v) is 1.00. The van der Waals surface area contributed by atoms with Crippen LogP contribution in [0.5, 0.6) is 0 Å². The van der Waals surface area contributed by atoms with Gasteiger partial charge in [0.2, 0.25) is 5.24 Å². The second kappa shape index (κ2) is 4.96. The van der Waals surface area contributed by atoms with Crippen molar-refractivity contribution in [3.05, 3.63) is 0 Å². The number of carbonyl (C=O) groups excluding carboxylic acids is 1. The maximum absolute atomic E-state index is 9.21. The minimum atomic E-state index is -0.361. The third kappa shape index (κ3) is 47.2. The first kappa shape index (κ1) is 9.35. The van der Waals surface area contributed by atoms with Crippen LogP contribution in [0.4, 0.5) is 0 Å². The average molecular weight is 101 g/mol. The zero-order valence-electron chi connectivity index (χ0n) is 3.29. The summed E-state index contributed by atoms with van der Waals surface area (Å²) in [5.41, 5.74) is 0. The van der Waals surface area contributed by atoms with Crippen LogP contribution < -0.4 is 0 Å². The van der Waals surface area contributed by atoms with Crippen LogP contribution in [0.3, 0.4) is 0 Å². The Bertz CT molecular complexity index is 32.6. The maximum atomic E-state index is 9.21. The van der Waals surface area contributed by atoms with E-state index in [-0.39, 0.29) is 34.8 Å². The molecule has 5 heavy (non-hydrogen) atoms. The molecule has 0 heterocycles. The molecule has 0 aliphatic carbocycles. The molecule has 0 aliphatic rings. The van der Waals surface area contributed by atoms with Gasteiger partial charge in [-0.25, -0.2) is 0 Å². The van der Waals surface area contributed by atoms with Crippen molar-refractivity contribution < 1.29 is 4.79 Å². The van der Waals surface area contributed by atoms with Gasteiger partial charge >= 0.3 is 0 Å². The summed E-state index contributed by atoms with van der Waals surface area (Å²) in [6.45, 7) is 1.29. The van der Waals surface area contributed by atoms with Crippen LogP contribution in [0.15, 0.2) is 0 Å². The number of hydrogen-bond acceptors (Lipinski definition) is 1. The Hall–Kier alpha value is 0.960. The molecule has 0 saturated heterocycles. The number of hydrogen-bond donors (Lipinski definition) is 0. The summed E-state index contributed by atoms with van der Waals surface area (Å²) in [6.07, 6.45) is 0. The predicted molar refractivity (Wildman–Crippen MR) is 22.3 cm³/mol. The van der Waals surface area contributed by atoms with E-state index in [0.717, 1.165) is 0 Å². The van der Waals surface area contributed by atoms with Crippen LogP contribution in [-0.2, 0) is 4.79 Å². The van der Waals surface area contributed by atoms with Crippen molar-refractivity contribution in [3.63, 3.8) is 0 Å². The standard InChI is InChI=1S/C2H3ClO.Na/c1-2(3)4;/h1H3;. The molecule has 0 aromatic carbocycles. The Balaban J connectivity index is 0. The predicted octanol–water partition coefficient (Wildman–Crippen LogP) is 0.391. The summed E-state index contributed by atoms with van der Waals surface area (Å²) in [5.74, 6) is 0. The minimum absolute atomic E-state index is 0. The van der Waals surface area contributed by atoms with Crippen LogP contribution in [-0.4, -0.2) is 34.8 Å². The van der Waals surface area contributed by atoms with Gasteiger partial charge in [0.1, 0.15) is 0 Å². The fourth-order valence-electron chi connectivity index (χ4n) is 0. The maximum Gasteiger partial charge on any atom is 0.218 e. The van der Waals surface area contributed by atoms with Crippen molar-refractivity contribution in [2.75, 3.05) is 0 Å². The molecule has 1 radical (unpaired) electrons. The third-order valence-electron chi connectivity index (χ3n) is 0. The van der Waals surface area contributed by atoms with E-state index in [1.807, 2.05) is 0 Å². The van der Waals surface area contributed by atoms with Gasteiger partial charge in [-0.15, -0.1) is 0 Å². The van der Waals surface area contributed by atoms with E-state index in [1.165, 1.54) is 6.92 Å². The average Bonchev–Trinajstić information content (AvgIpc) is 0.811. The van der Waals surface area contributed by atoms with Crippen molar-refractivity contribution in [2.45, 2.75) is 6.92 Å². The number of rotatable bonds is 0. The molecule has 0 unspecified atom stereocenters. The fraction of sp³-hybridized carbons (Fsp3) is 0.500. The Labute approximate surface area is 58.0 Å². The third-order valence-corrected chi connectivity index (χ3v) is 0. The van der Waals surface area contributed by atoms with Crippen molar-refractivity contribution in [2.24, 2.45) is 0 Å². The van der Waals surface area contributed by atoms with E-state index < -0.39 is 0 Å². The van der Waals surface area contributed by atoms with Gasteiger partial charge in [-0.1, -0.05) is 0 Å². The molecule has 0 saturated carbocycles. The van der Waals surface area contributed by atoms with Crippen LogP contribution in [0, 0.1) is 0 Å². The van der Waals surface area contributed by atoms with E-state index in [2.05, 4.69) is 11.6 Å². The molecule has 3 heteroatoms. The normalized spacial score (nSPS) is 5.20. The minimum Gasteiger partial charge on any atom is -0.282 e. The van der Waals surface area contributed by atoms with Crippen LogP contribution in [0.1, 0.15) is 6.92 Å². The molecule has 0 atom stereocenters. The zero-order chi connectivity index (χ0) is 3.58. The van der Waals surface area contributed by atoms with Crippen molar-refractivity contribution in [1.82, 2.24) is 0 Å². The van der Waals surface area contributed by atoms with E-state index in [4.69, 9.17) is 0 Å². The molecule has 1 nitrogen and oxygen atoms in total. The fourth-order valence-corrected chi connectivity index (χ4v) is 0. The van der Waals surface area contributed by atoms with Crippen molar-refractivity contribution in [3.8, 4) is 0 Å². The molecular formula is C2H3ClNaO. The summed E-state index contributed by atoms with van der Waals surface area (Å²) in [6, 6.07) is 0. The van der Waals surface area contributed by atoms with Gasteiger partial charge < -0.3 is 0 Å². The topological polar surface area (TPSA) is 17.1 Å². The number of carbonyl (C=O) groups is 1. The summed E-state index contributed by atoms with van der Waals surface area (Å²) < 4.78 is 0. The summed E-state index contributed by atoms with van der Waals surface area (Å²) in [5, 5.41) is -0.361. The molecule has 0 aromatic rings. The van der Waals surface area contributed by atoms with Crippen molar-refractivity contribution in [1.29, 1.82) is 0 Å². The van der Waals surface area contributed by atoms with Crippen LogP contribution in [0.25, 0.3) is 0 Å². The van der Waals surface area contributed by atoms with Crippen LogP contribution in [0.2, 0.25) is 0 Å². The Morgan fingerprint density at radius 2 is 1.80 bits per heavy atom. The molecule has 25 valence electrons. The molecule has 0 bridgehead atoms. The Kier molecular flexibility index (Phi) is 9.28. The van der Waals surface area contributed by atoms with Gasteiger partial charge in [0, 0.05) is 36.5 Å². The van der Waals surface area contributed by atoms with Crippen molar-refractivity contribution >= 4 is 46.4 Å². The quantitative estimate of drug-likeness (QED) is 0.319. The van der Waals surface area contributed by atoms with Gasteiger partial charge in [0.15, 0.2) is 0 Å². The molecular weight excluding hydrogens is 98.5 g/mol. The molecule has 0 amide bonds. The molecule has 0 spiro atoms. The Morgan fingerprint density at radius 3 is 1.80 bits per heavy atom. The summed E-state index contributed by atoms with van der Waals surface area (Å²) >= 11 is 4.64. The first-order chi connectivity index (χ1) is 1.73. The monoisotopic (exact) mass is 101 g/mol. The molecule has 0 fully saturated rings.